The van der Waals surface area contributed by atoms with E-state index in [-0.39, 0.29) is 17.5 Å². The summed E-state index contributed by atoms with van der Waals surface area (Å²) < 4.78 is 0. The van der Waals surface area contributed by atoms with Crippen molar-refractivity contribution in [2.24, 2.45) is 0 Å². The van der Waals surface area contributed by atoms with E-state index in [0.717, 1.165) is 25.5 Å². The Morgan fingerprint density at radius 1 is 1.27 bits per heavy atom. The van der Waals surface area contributed by atoms with Gasteiger partial charge in [0.05, 0.1) is 4.92 Å². The van der Waals surface area contributed by atoms with Gasteiger partial charge in [0.25, 0.3) is 0 Å². The third kappa shape index (κ3) is 3.86. The molecule has 1 fully saturated rings. The summed E-state index contributed by atoms with van der Waals surface area (Å²) in [6.45, 7) is 0. The van der Waals surface area contributed by atoms with Gasteiger partial charge in [0.2, 0.25) is 11.8 Å². The zero-order valence-electron chi connectivity index (χ0n) is 14.4. The Balaban J connectivity index is 1.93. The Hall–Kier alpha value is -2.45. The first-order valence-electron chi connectivity index (χ1n) is 8.39. The second-order valence-electron chi connectivity index (χ2n) is 6.39. The molecule has 138 valence electrons. The van der Waals surface area contributed by atoms with Crippen molar-refractivity contribution in [3.63, 3.8) is 0 Å². The van der Waals surface area contributed by atoms with Gasteiger partial charge in [-0.25, -0.2) is 4.98 Å². The number of hydrogen-bond donors (Lipinski definition) is 2. The van der Waals surface area contributed by atoms with Crippen LogP contribution in [0.2, 0.25) is 5.02 Å². The first kappa shape index (κ1) is 18.3. The molecular formula is C17H20ClN5O3. The Labute approximate surface area is 156 Å². The third-order valence-corrected chi connectivity index (χ3v) is 4.90. The van der Waals surface area contributed by atoms with Crippen LogP contribution in [0, 0.1) is 10.1 Å². The van der Waals surface area contributed by atoms with Crippen molar-refractivity contribution in [1.82, 2.24) is 9.97 Å². The van der Waals surface area contributed by atoms with Gasteiger partial charge in [0, 0.05) is 17.8 Å². The van der Waals surface area contributed by atoms with Gasteiger partial charge >= 0.3 is 5.69 Å². The van der Waals surface area contributed by atoms with E-state index >= 15 is 0 Å². The topological polar surface area (TPSA) is 104 Å². The molecule has 0 unspecified atom stereocenters. The molecule has 0 radical (unpaired) electrons. The second kappa shape index (κ2) is 7.43. The van der Waals surface area contributed by atoms with E-state index in [1.807, 2.05) is 0 Å². The maximum Gasteiger partial charge on any atom is 0.329 e. The van der Waals surface area contributed by atoms with Crippen molar-refractivity contribution in [3.05, 3.63) is 45.6 Å². The first-order valence-corrected chi connectivity index (χ1v) is 8.77. The number of benzene rings is 1. The van der Waals surface area contributed by atoms with Crippen LogP contribution in [-0.4, -0.2) is 32.8 Å². The van der Waals surface area contributed by atoms with Crippen molar-refractivity contribution in [1.29, 1.82) is 0 Å². The molecule has 9 heteroatoms. The summed E-state index contributed by atoms with van der Waals surface area (Å²) in [5.74, 6) is 0.296. The van der Waals surface area contributed by atoms with Crippen LogP contribution in [0.15, 0.2) is 30.5 Å². The quantitative estimate of drug-likeness (QED) is 0.463. The summed E-state index contributed by atoms with van der Waals surface area (Å²) in [7, 11) is 1.63. The van der Waals surface area contributed by atoms with E-state index in [1.54, 1.807) is 31.3 Å². The van der Waals surface area contributed by atoms with Crippen LogP contribution in [-0.2, 0) is 0 Å². The predicted molar refractivity (Wildman–Crippen MR) is 99.9 cm³/mol. The molecule has 0 spiro atoms. The van der Waals surface area contributed by atoms with Gasteiger partial charge in [-0.3, -0.25) is 10.1 Å². The molecule has 8 nitrogen and oxygen atoms in total. The lowest BCUT2D eigenvalue weighted by atomic mass is 9.90. The minimum atomic E-state index is -1.14. The Morgan fingerprint density at radius 3 is 2.54 bits per heavy atom. The van der Waals surface area contributed by atoms with E-state index in [1.165, 1.54) is 4.90 Å². The maximum absolute atomic E-state index is 11.4. The third-order valence-electron chi connectivity index (χ3n) is 4.64. The van der Waals surface area contributed by atoms with Crippen LogP contribution in [0.5, 0.6) is 0 Å². The lowest BCUT2D eigenvalue weighted by Crippen LogP contribution is -2.48. The number of rotatable bonds is 5. The van der Waals surface area contributed by atoms with Crippen molar-refractivity contribution in [2.75, 3.05) is 17.3 Å². The Kier molecular flexibility index (Phi) is 5.24. The van der Waals surface area contributed by atoms with Crippen LogP contribution in [0.1, 0.15) is 32.1 Å². The average Bonchev–Trinajstić information content (AvgIpc) is 2.63. The number of aromatic nitrogens is 2. The smallest absolute Gasteiger partial charge is 0.329 e. The molecule has 0 atom stereocenters. The van der Waals surface area contributed by atoms with Gasteiger partial charge < -0.3 is 15.3 Å². The molecule has 1 saturated carbocycles. The zero-order chi connectivity index (χ0) is 18.7. The molecule has 3 rings (SSSR count). The van der Waals surface area contributed by atoms with Crippen molar-refractivity contribution < 1.29 is 10.0 Å². The minimum Gasteiger partial charge on any atom is -0.371 e. The fraction of sp³-hybridized carbons (Fsp3) is 0.412. The summed E-state index contributed by atoms with van der Waals surface area (Å²) in [4.78, 5) is 20.7. The molecular weight excluding hydrogens is 358 g/mol. The standard InChI is InChI=1S/C17H20ClN5O3/c1-22(17(24)9-3-2-4-10-17)15-14(23(25)26)11-19-16(21-15)20-13-7-5-12(18)6-8-13/h5-8,11,24H,2-4,9-10H2,1H3,(H,19,20,21). The molecule has 0 amide bonds. The number of nitrogens with zero attached hydrogens (tertiary/aromatic N) is 4. The van der Waals surface area contributed by atoms with Crippen molar-refractivity contribution in [3.8, 4) is 0 Å². The molecule has 1 aromatic heterocycles. The summed E-state index contributed by atoms with van der Waals surface area (Å²) in [6.07, 6.45) is 5.04. The number of nitrogens with one attached hydrogen (secondary N) is 1. The second-order valence-corrected chi connectivity index (χ2v) is 6.83. The van der Waals surface area contributed by atoms with E-state index in [9.17, 15) is 15.2 Å². The summed E-state index contributed by atoms with van der Waals surface area (Å²) >= 11 is 5.87. The molecule has 1 heterocycles. The number of halogens is 1. The molecule has 2 N–H and O–H groups in total. The van der Waals surface area contributed by atoms with Gasteiger partial charge in [-0.2, -0.15) is 4.98 Å². The monoisotopic (exact) mass is 377 g/mol. The van der Waals surface area contributed by atoms with E-state index < -0.39 is 10.6 Å². The van der Waals surface area contributed by atoms with Gasteiger partial charge in [0.1, 0.15) is 11.9 Å². The number of hydrogen-bond acceptors (Lipinski definition) is 7. The highest BCUT2D eigenvalue weighted by atomic mass is 35.5. The lowest BCUT2D eigenvalue weighted by molar-refractivity contribution is -0.384. The first-order chi connectivity index (χ1) is 12.4. The summed E-state index contributed by atoms with van der Waals surface area (Å²) in [6, 6.07) is 6.94. The van der Waals surface area contributed by atoms with Gasteiger partial charge in [-0.1, -0.05) is 18.0 Å². The number of aliphatic hydroxyl groups is 1. The van der Waals surface area contributed by atoms with Crippen molar-refractivity contribution >= 4 is 34.7 Å². The summed E-state index contributed by atoms with van der Waals surface area (Å²) in [5, 5.41) is 25.9. The Morgan fingerprint density at radius 2 is 1.92 bits per heavy atom. The van der Waals surface area contributed by atoms with Crippen molar-refractivity contribution in [2.45, 2.75) is 37.8 Å². The van der Waals surface area contributed by atoms with Crippen LogP contribution in [0.3, 0.4) is 0 Å². The highest BCUT2D eigenvalue weighted by molar-refractivity contribution is 6.30. The molecule has 2 aromatic rings. The normalized spacial score (nSPS) is 16.1. The highest BCUT2D eigenvalue weighted by Gasteiger charge is 2.37. The number of anilines is 3. The molecule has 1 aliphatic rings. The summed E-state index contributed by atoms with van der Waals surface area (Å²) in [5.41, 5.74) is -0.684. The van der Waals surface area contributed by atoms with Crippen LogP contribution >= 0.6 is 11.6 Å². The fourth-order valence-corrected chi connectivity index (χ4v) is 3.24. The number of nitro groups is 1. The molecule has 0 bridgehead atoms. The fourth-order valence-electron chi connectivity index (χ4n) is 3.12. The van der Waals surface area contributed by atoms with Crippen LogP contribution in [0.4, 0.5) is 23.1 Å². The van der Waals surface area contributed by atoms with Gasteiger partial charge in [-0.15, -0.1) is 0 Å². The van der Waals surface area contributed by atoms with Crippen LogP contribution < -0.4 is 10.2 Å². The Bertz CT molecular complexity index is 793. The minimum absolute atomic E-state index is 0.0888. The largest absolute Gasteiger partial charge is 0.371 e. The maximum atomic E-state index is 11.4. The van der Waals surface area contributed by atoms with E-state index in [0.29, 0.717) is 23.6 Å². The zero-order valence-corrected chi connectivity index (χ0v) is 15.1. The molecule has 0 saturated heterocycles. The molecule has 26 heavy (non-hydrogen) atoms. The highest BCUT2D eigenvalue weighted by Crippen LogP contribution is 2.37. The molecule has 1 aromatic carbocycles. The van der Waals surface area contributed by atoms with Gasteiger partial charge in [0.15, 0.2) is 0 Å². The average molecular weight is 378 g/mol. The molecule has 1 aliphatic carbocycles. The van der Waals surface area contributed by atoms with E-state index in [4.69, 9.17) is 11.6 Å². The SMILES string of the molecule is CN(c1nc(Nc2ccc(Cl)cc2)ncc1[N+](=O)[O-])C1(O)CCCCC1. The van der Waals surface area contributed by atoms with E-state index in [2.05, 4.69) is 15.3 Å². The van der Waals surface area contributed by atoms with Gasteiger partial charge in [-0.05, 0) is 49.9 Å². The lowest BCUT2D eigenvalue weighted by Gasteiger charge is -2.40. The van der Waals surface area contributed by atoms with Crippen LogP contribution in [0.25, 0.3) is 0 Å². The molecule has 0 aliphatic heterocycles. The predicted octanol–water partition coefficient (Wildman–Crippen LogP) is 3.87.